The molecule has 1 aliphatic rings. The Morgan fingerprint density at radius 1 is 0.478 bits per heavy atom. The van der Waals surface area contributed by atoms with Gasteiger partial charge in [0, 0.05) is 20.1 Å². The number of ether oxygens (including phenoxy) is 7. The number of hydrogen-bond acceptors (Lipinski definition) is 11. The first-order valence-electron chi connectivity index (χ1n) is 28.5. The molecule has 6 unspecified atom stereocenters. The third-order valence-corrected chi connectivity index (χ3v) is 14.4. The minimum atomic E-state index is -1.36. The molecule has 69 heavy (non-hydrogen) atoms. The van der Waals surface area contributed by atoms with E-state index in [0.717, 1.165) is 61.6 Å². The molecule has 0 aromatic rings. The predicted molar refractivity (Wildman–Crippen MR) is 281 cm³/mol. The van der Waals surface area contributed by atoms with E-state index in [4.69, 9.17) is 33.2 Å². The maximum Gasteiger partial charge on any atom is 0.217 e. The first-order valence-corrected chi connectivity index (χ1v) is 28.5. The van der Waals surface area contributed by atoms with Crippen molar-refractivity contribution < 1.29 is 53.3 Å². The van der Waals surface area contributed by atoms with Gasteiger partial charge in [0.25, 0.3) is 0 Å². The highest BCUT2D eigenvalue weighted by molar-refractivity contribution is 5.73. The van der Waals surface area contributed by atoms with Crippen LogP contribution in [-0.2, 0) is 38.0 Å². The van der Waals surface area contributed by atoms with Crippen LogP contribution in [0.5, 0.6) is 0 Å². The summed E-state index contributed by atoms with van der Waals surface area (Å²) in [5.74, 6) is 5.83. The Labute approximate surface area is 424 Å². The van der Waals surface area contributed by atoms with E-state index >= 15 is 0 Å². The van der Waals surface area contributed by atoms with Gasteiger partial charge in [-0.2, -0.15) is 0 Å². The second-order valence-electron chi connectivity index (χ2n) is 22.8. The Morgan fingerprint density at radius 3 is 1.22 bits per heavy atom. The first kappa shape index (κ1) is 66.1. The zero-order chi connectivity index (χ0) is 51.2. The minimum Gasteiger partial charge on any atom is -0.394 e. The Hall–Kier alpha value is -0.930. The number of rotatable bonds is 47. The monoisotopic (exact) mass is 988 g/mol. The molecule has 11 atom stereocenters. The Balaban J connectivity index is 2.42. The smallest absolute Gasteiger partial charge is 0.217 e. The second kappa shape index (κ2) is 42.4. The van der Waals surface area contributed by atoms with Crippen LogP contribution in [0.4, 0.5) is 0 Å². The third-order valence-electron chi connectivity index (χ3n) is 14.4. The van der Waals surface area contributed by atoms with E-state index in [1.165, 1.54) is 122 Å². The molecule has 4 N–H and O–H groups in total. The molecule has 12 heteroatoms. The van der Waals surface area contributed by atoms with Crippen LogP contribution in [0.2, 0.25) is 0 Å². The minimum absolute atomic E-state index is 0.110. The molecule has 0 radical (unpaired) electrons. The van der Waals surface area contributed by atoms with E-state index in [1.807, 2.05) is 0 Å². The van der Waals surface area contributed by atoms with Gasteiger partial charge in [-0.1, -0.05) is 185 Å². The lowest BCUT2D eigenvalue weighted by Gasteiger charge is -2.42. The fourth-order valence-corrected chi connectivity index (χ4v) is 9.45. The molecular weight excluding hydrogens is 875 g/mol. The highest BCUT2D eigenvalue weighted by Crippen LogP contribution is 2.26. The van der Waals surface area contributed by atoms with Crippen LogP contribution in [0, 0.1) is 47.3 Å². The molecule has 1 fully saturated rings. The lowest BCUT2D eigenvalue weighted by Crippen LogP contribution is -2.64. The van der Waals surface area contributed by atoms with Crippen LogP contribution >= 0.6 is 0 Å². The van der Waals surface area contributed by atoms with Crippen molar-refractivity contribution in [3.63, 3.8) is 0 Å². The zero-order valence-electron chi connectivity index (χ0n) is 46.6. The maximum absolute atomic E-state index is 11.7. The standard InChI is InChI=1S/C57H113NO11/c1-43(2)18-12-20-45(5)22-14-24-47(7)26-16-28-49(9)30-32-65-41-52(42-66-33-31-50(10)29-17-27-48(8)25-15-23-46(6)21-13-19-44(3)4)67-38-36-63-34-35-64-37-39-68-57-54(58-51(11)60)56(62)55(61)53(40-59)69-57/h43-50,52-57,59,61-62H,12-42H2,1-11H3,(H,58,60)/t45?,46?,47?,48?,49?,50?,52?,53-,54-,55+,56-,57+/m1/s1. The average molecular weight is 989 g/mol. The highest BCUT2D eigenvalue weighted by Gasteiger charge is 2.45. The summed E-state index contributed by atoms with van der Waals surface area (Å²) >= 11 is 0. The van der Waals surface area contributed by atoms with Crippen molar-refractivity contribution in [2.45, 2.75) is 241 Å². The summed E-state index contributed by atoms with van der Waals surface area (Å²) in [6.45, 7) is 28.9. The van der Waals surface area contributed by atoms with E-state index in [0.29, 0.717) is 51.5 Å². The molecule has 0 aromatic carbocycles. The van der Waals surface area contributed by atoms with Gasteiger partial charge in [0.05, 0.1) is 59.5 Å². The van der Waals surface area contributed by atoms with E-state index < -0.39 is 43.2 Å². The van der Waals surface area contributed by atoms with Crippen molar-refractivity contribution in [2.75, 3.05) is 72.7 Å². The molecule has 0 saturated carbocycles. The lowest BCUT2D eigenvalue weighted by atomic mass is 9.91. The van der Waals surface area contributed by atoms with Crippen molar-refractivity contribution in [3.05, 3.63) is 0 Å². The number of aliphatic hydroxyl groups is 3. The van der Waals surface area contributed by atoms with E-state index in [1.54, 1.807) is 0 Å². The van der Waals surface area contributed by atoms with Gasteiger partial charge >= 0.3 is 0 Å². The average Bonchev–Trinajstić information content (AvgIpc) is 3.28. The van der Waals surface area contributed by atoms with Crippen LogP contribution < -0.4 is 5.32 Å². The lowest BCUT2D eigenvalue weighted by molar-refractivity contribution is -0.272. The number of amides is 1. The number of aliphatic hydroxyl groups excluding tert-OH is 3. The highest BCUT2D eigenvalue weighted by atomic mass is 16.7. The van der Waals surface area contributed by atoms with Gasteiger partial charge in [0.15, 0.2) is 6.29 Å². The number of nitrogens with one attached hydrogen (secondary N) is 1. The van der Waals surface area contributed by atoms with Gasteiger partial charge in [-0.3, -0.25) is 4.79 Å². The summed E-state index contributed by atoms with van der Waals surface area (Å²) in [7, 11) is 0. The predicted octanol–water partition coefficient (Wildman–Crippen LogP) is 11.3. The zero-order valence-corrected chi connectivity index (χ0v) is 46.6. The molecule has 0 bridgehead atoms. The van der Waals surface area contributed by atoms with Gasteiger partial charge in [-0.15, -0.1) is 0 Å². The van der Waals surface area contributed by atoms with Crippen molar-refractivity contribution in [3.8, 4) is 0 Å². The number of carbonyl (C=O) groups excluding carboxylic acids is 1. The third kappa shape index (κ3) is 36.6. The molecule has 1 aliphatic heterocycles. The van der Waals surface area contributed by atoms with Gasteiger partial charge in [0.1, 0.15) is 30.5 Å². The maximum atomic E-state index is 11.7. The summed E-state index contributed by atoms with van der Waals surface area (Å²) in [5, 5.41) is 32.7. The molecule has 0 aromatic heterocycles. The van der Waals surface area contributed by atoms with Crippen molar-refractivity contribution in [1.29, 1.82) is 0 Å². The summed E-state index contributed by atoms with van der Waals surface area (Å²) < 4.78 is 41.4. The van der Waals surface area contributed by atoms with Crippen molar-refractivity contribution in [2.24, 2.45) is 47.3 Å². The second-order valence-corrected chi connectivity index (χ2v) is 22.8. The van der Waals surface area contributed by atoms with Crippen LogP contribution in [0.15, 0.2) is 0 Å². The van der Waals surface area contributed by atoms with Gasteiger partial charge in [0.2, 0.25) is 5.91 Å². The van der Waals surface area contributed by atoms with Gasteiger partial charge in [-0.05, 0) is 60.2 Å². The van der Waals surface area contributed by atoms with Gasteiger partial charge < -0.3 is 53.8 Å². The van der Waals surface area contributed by atoms with E-state index in [9.17, 15) is 20.1 Å². The summed E-state index contributed by atoms with van der Waals surface area (Å²) in [4.78, 5) is 11.7. The summed E-state index contributed by atoms with van der Waals surface area (Å²) in [6, 6.07) is -0.987. The molecule has 12 nitrogen and oxygen atoms in total. The largest absolute Gasteiger partial charge is 0.394 e. The Morgan fingerprint density at radius 2 is 0.841 bits per heavy atom. The van der Waals surface area contributed by atoms with Crippen LogP contribution in [-0.4, -0.2) is 131 Å². The molecule has 0 aliphatic carbocycles. The first-order chi connectivity index (χ1) is 33.0. The van der Waals surface area contributed by atoms with Crippen molar-refractivity contribution >= 4 is 5.91 Å². The van der Waals surface area contributed by atoms with Crippen LogP contribution in [0.3, 0.4) is 0 Å². The summed E-state index contributed by atoms with van der Waals surface area (Å²) in [6.07, 6.45) is 21.3. The SMILES string of the molecule is CC(=O)N[C@H]1[C@@H](OCCOCCOCCOC(COCCC(C)CCCC(C)CCCC(C)CCCC(C)C)COCCC(C)CCCC(C)CCCC(C)CCCC(C)C)O[C@H](CO)[C@H](O)[C@@H]1O. The molecule has 1 amide bonds. The quantitative estimate of drug-likeness (QED) is 0.0431. The molecule has 1 heterocycles. The van der Waals surface area contributed by atoms with Crippen LogP contribution in [0.1, 0.15) is 205 Å². The fraction of sp³-hybridized carbons (Fsp3) is 0.982. The molecule has 0 spiro atoms. The van der Waals surface area contributed by atoms with Gasteiger partial charge in [-0.25, -0.2) is 0 Å². The van der Waals surface area contributed by atoms with Crippen LogP contribution in [0.25, 0.3) is 0 Å². The Kier molecular flexibility index (Phi) is 40.6. The number of carbonyl (C=O) groups is 1. The molecule has 412 valence electrons. The van der Waals surface area contributed by atoms with E-state index in [2.05, 4.69) is 74.6 Å². The molecule has 1 rings (SSSR count). The number of hydrogen-bond donors (Lipinski definition) is 4. The molecular formula is C57H113NO11. The fourth-order valence-electron chi connectivity index (χ4n) is 9.45. The summed E-state index contributed by atoms with van der Waals surface area (Å²) in [5.41, 5.74) is 0. The van der Waals surface area contributed by atoms with E-state index in [-0.39, 0.29) is 19.3 Å². The topological polar surface area (TPSA) is 154 Å². The van der Waals surface area contributed by atoms with Crippen molar-refractivity contribution in [1.82, 2.24) is 5.32 Å². The molecule has 1 saturated heterocycles. The Bertz CT molecular complexity index is 1110. The normalized spacial score (nSPS) is 21.9.